The number of hydrogen-bond donors (Lipinski definition) is 1. The quantitative estimate of drug-likeness (QED) is 0.596. The van der Waals surface area contributed by atoms with E-state index in [0.29, 0.717) is 12.4 Å². The van der Waals surface area contributed by atoms with Gasteiger partial charge in [-0.2, -0.15) is 0 Å². The van der Waals surface area contributed by atoms with Gasteiger partial charge in [0, 0.05) is 48.0 Å². The summed E-state index contributed by atoms with van der Waals surface area (Å²) >= 11 is 1.82. The van der Waals surface area contributed by atoms with Crippen LogP contribution >= 0.6 is 11.3 Å². The molecular weight excluding hydrogens is 358 g/mol. The molecule has 0 unspecified atom stereocenters. The van der Waals surface area contributed by atoms with Gasteiger partial charge in [-0.25, -0.2) is 15.0 Å². The molecule has 4 heterocycles. The number of nitrogens with zero attached hydrogens (tertiary/aromatic N) is 4. The molecule has 1 aromatic carbocycles. The van der Waals surface area contributed by atoms with E-state index >= 15 is 0 Å². The van der Waals surface area contributed by atoms with Gasteiger partial charge < -0.3 is 4.98 Å². The number of rotatable bonds is 3. The van der Waals surface area contributed by atoms with Gasteiger partial charge in [-0.15, -0.1) is 11.3 Å². The van der Waals surface area contributed by atoms with E-state index in [2.05, 4.69) is 55.2 Å². The van der Waals surface area contributed by atoms with E-state index in [1.807, 2.05) is 11.3 Å². The summed E-state index contributed by atoms with van der Waals surface area (Å²) in [5.74, 6) is 0.539. The van der Waals surface area contributed by atoms with Crippen LogP contribution in [0.1, 0.15) is 16.1 Å². The Morgan fingerprint density at radius 1 is 1.19 bits per heavy atom. The maximum atomic E-state index is 12.6. The Balaban J connectivity index is 1.40. The molecule has 0 saturated carbocycles. The Hall–Kier alpha value is -2.90. The lowest BCUT2D eigenvalue weighted by Gasteiger charge is -2.27. The van der Waals surface area contributed by atoms with Crippen LogP contribution in [0.3, 0.4) is 0 Å². The standard InChI is InChI=1S/C20H17N5OS/c26-20-16-11-25(10-15-7-13-3-1-2-4-18(13)27-15)6-5-17(16)23-19(24-20)14-8-21-12-22-9-14/h1-4,7-9,12H,5-6,10-11H2,(H,23,24,26). The van der Waals surface area contributed by atoms with Crippen LogP contribution < -0.4 is 5.56 Å². The molecule has 5 rings (SSSR count). The highest BCUT2D eigenvalue weighted by Gasteiger charge is 2.22. The fourth-order valence-corrected chi connectivity index (χ4v) is 4.62. The number of aromatic nitrogens is 4. The molecule has 3 aromatic heterocycles. The minimum absolute atomic E-state index is 0.0695. The van der Waals surface area contributed by atoms with Crippen molar-refractivity contribution in [2.24, 2.45) is 0 Å². The zero-order chi connectivity index (χ0) is 18.2. The molecule has 0 spiro atoms. The Bertz CT molecular complexity index is 1130. The number of thiophene rings is 1. The second kappa shape index (κ2) is 6.68. The Kier molecular flexibility index (Phi) is 4.03. The summed E-state index contributed by atoms with van der Waals surface area (Å²) in [6.07, 6.45) is 5.55. The van der Waals surface area contributed by atoms with Crippen LogP contribution in [0.25, 0.3) is 21.5 Å². The highest BCUT2D eigenvalue weighted by Crippen LogP contribution is 2.27. The number of H-pyrrole nitrogens is 1. The predicted molar refractivity (Wildman–Crippen MR) is 106 cm³/mol. The predicted octanol–water partition coefficient (Wildman–Crippen LogP) is 3.00. The normalized spacial score (nSPS) is 14.4. The molecule has 7 heteroatoms. The maximum absolute atomic E-state index is 12.6. The molecule has 1 aliphatic rings. The molecule has 0 amide bonds. The van der Waals surface area contributed by atoms with E-state index in [4.69, 9.17) is 0 Å². The zero-order valence-electron chi connectivity index (χ0n) is 14.6. The van der Waals surface area contributed by atoms with E-state index in [1.165, 1.54) is 21.3 Å². The van der Waals surface area contributed by atoms with E-state index in [0.717, 1.165) is 36.3 Å². The number of hydrogen-bond acceptors (Lipinski definition) is 6. The summed E-state index contributed by atoms with van der Waals surface area (Å²) in [5.41, 5.74) is 2.30. The summed E-state index contributed by atoms with van der Waals surface area (Å²) in [7, 11) is 0. The minimum atomic E-state index is -0.0695. The Morgan fingerprint density at radius 2 is 2.04 bits per heavy atom. The number of nitrogens with one attached hydrogen (secondary N) is 1. The van der Waals surface area contributed by atoms with Crippen LogP contribution in [-0.4, -0.2) is 31.4 Å². The highest BCUT2D eigenvalue weighted by molar-refractivity contribution is 7.19. The van der Waals surface area contributed by atoms with Crippen molar-refractivity contribution in [3.8, 4) is 11.4 Å². The number of benzene rings is 1. The lowest BCUT2D eigenvalue weighted by molar-refractivity contribution is 0.244. The first-order valence-electron chi connectivity index (χ1n) is 8.83. The fraction of sp³-hybridized carbons (Fsp3) is 0.200. The van der Waals surface area contributed by atoms with Crippen molar-refractivity contribution in [2.45, 2.75) is 19.5 Å². The van der Waals surface area contributed by atoms with Gasteiger partial charge >= 0.3 is 0 Å². The third-order valence-corrected chi connectivity index (χ3v) is 5.94. The monoisotopic (exact) mass is 375 g/mol. The molecule has 0 radical (unpaired) electrons. The van der Waals surface area contributed by atoms with Gasteiger partial charge in [0.05, 0.1) is 16.8 Å². The SMILES string of the molecule is O=c1[nH]c(-c2cncnc2)nc2c1CN(Cc1cc3ccccc3s1)CC2. The Morgan fingerprint density at radius 3 is 2.89 bits per heavy atom. The van der Waals surface area contributed by atoms with Gasteiger partial charge in [-0.1, -0.05) is 18.2 Å². The molecular formula is C20H17N5OS. The highest BCUT2D eigenvalue weighted by atomic mass is 32.1. The van der Waals surface area contributed by atoms with Gasteiger partial charge in [-0.3, -0.25) is 9.69 Å². The molecule has 0 bridgehead atoms. The van der Waals surface area contributed by atoms with Crippen LogP contribution in [0.4, 0.5) is 0 Å². The number of fused-ring (bicyclic) bond motifs is 2. The van der Waals surface area contributed by atoms with E-state index < -0.39 is 0 Å². The first-order valence-corrected chi connectivity index (χ1v) is 9.65. The first-order chi connectivity index (χ1) is 13.3. The van der Waals surface area contributed by atoms with Crippen molar-refractivity contribution < 1.29 is 0 Å². The minimum Gasteiger partial charge on any atom is -0.306 e. The number of aromatic amines is 1. The smallest absolute Gasteiger partial charge is 0.255 e. The third-order valence-electron chi connectivity index (χ3n) is 4.84. The average Bonchev–Trinajstić information content (AvgIpc) is 3.11. The lowest BCUT2D eigenvalue weighted by atomic mass is 10.1. The summed E-state index contributed by atoms with van der Waals surface area (Å²) in [6.45, 7) is 2.37. The molecule has 4 aromatic rings. The van der Waals surface area contributed by atoms with Gasteiger partial charge in [0.25, 0.3) is 5.56 Å². The molecule has 27 heavy (non-hydrogen) atoms. The van der Waals surface area contributed by atoms with Crippen LogP contribution in [0.5, 0.6) is 0 Å². The van der Waals surface area contributed by atoms with Crippen molar-refractivity contribution in [1.82, 2.24) is 24.8 Å². The van der Waals surface area contributed by atoms with Crippen LogP contribution in [0.15, 0.2) is 53.8 Å². The fourth-order valence-electron chi connectivity index (χ4n) is 3.51. The second-order valence-corrected chi connectivity index (χ2v) is 7.85. The van der Waals surface area contributed by atoms with E-state index in [9.17, 15) is 4.79 Å². The van der Waals surface area contributed by atoms with E-state index in [1.54, 1.807) is 12.4 Å². The van der Waals surface area contributed by atoms with Crippen molar-refractivity contribution >= 4 is 21.4 Å². The average molecular weight is 375 g/mol. The Labute approximate surface area is 159 Å². The van der Waals surface area contributed by atoms with Crippen molar-refractivity contribution in [1.29, 1.82) is 0 Å². The lowest BCUT2D eigenvalue weighted by Crippen LogP contribution is -2.35. The largest absolute Gasteiger partial charge is 0.306 e. The van der Waals surface area contributed by atoms with Crippen LogP contribution in [-0.2, 0) is 19.5 Å². The van der Waals surface area contributed by atoms with Crippen molar-refractivity contribution in [2.75, 3.05) is 6.54 Å². The first kappa shape index (κ1) is 16.3. The van der Waals surface area contributed by atoms with Gasteiger partial charge in [-0.05, 0) is 17.5 Å². The summed E-state index contributed by atoms with van der Waals surface area (Å²) in [4.78, 5) is 31.8. The molecule has 0 aliphatic carbocycles. The van der Waals surface area contributed by atoms with E-state index in [-0.39, 0.29) is 5.56 Å². The third kappa shape index (κ3) is 3.15. The van der Waals surface area contributed by atoms with Crippen LogP contribution in [0, 0.1) is 0 Å². The van der Waals surface area contributed by atoms with Crippen molar-refractivity contribution in [3.63, 3.8) is 0 Å². The summed E-state index contributed by atoms with van der Waals surface area (Å²) in [6, 6.07) is 10.7. The van der Waals surface area contributed by atoms with Crippen LogP contribution in [0.2, 0.25) is 0 Å². The topological polar surface area (TPSA) is 74.8 Å². The molecule has 1 aliphatic heterocycles. The molecule has 1 N–H and O–H groups in total. The molecule has 0 saturated heterocycles. The molecule has 0 fully saturated rings. The molecule has 6 nitrogen and oxygen atoms in total. The second-order valence-electron chi connectivity index (χ2n) is 6.68. The van der Waals surface area contributed by atoms with Gasteiger partial charge in [0.15, 0.2) is 0 Å². The van der Waals surface area contributed by atoms with Crippen molar-refractivity contribution in [3.05, 3.63) is 75.5 Å². The zero-order valence-corrected chi connectivity index (χ0v) is 15.4. The van der Waals surface area contributed by atoms with Gasteiger partial charge in [0.1, 0.15) is 12.2 Å². The summed E-state index contributed by atoms with van der Waals surface area (Å²) < 4.78 is 1.30. The summed E-state index contributed by atoms with van der Waals surface area (Å²) in [5, 5.41) is 1.28. The maximum Gasteiger partial charge on any atom is 0.255 e. The van der Waals surface area contributed by atoms with Gasteiger partial charge in [0.2, 0.25) is 0 Å². The molecule has 0 atom stereocenters. The molecule has 134 valence electrons.